The predicted octanol–water partition coefficient (Wildman–Crippen LogP) is -0.0890. The molecule has 244 valence electrons. The second-order valence-electron chi connectivity index (χ2n) is 11.6. The fourth-order valence-electron chi connectivity index (χ4n) is 5.55. The van der Waals surface area contributed by atoms with Crippen LogP contribution in [-0.4, -0.2) is 120 Å². The Morgan fingerprint density at radius 1 is 1.11 bits per heavy atom. The number of likely N-dealkylation sites (N-methyl/N-ethyl adjacent to an activating group) is 1. The largest absolute Gasteiger partial charge is 0.491 e. The van der Waals surface area contributed by atoms with Crippen molar-refractivity contribution in [2.45, 2.75) is 59.8 Å². The molecule has 16 heteroatoms. The molecule has 1 spiro atoms. The van der Waals surface area contributed by atoms with Crippen LogP contribution in [0.15, 0.2) is 46.3 Å². The van der Waals surface area contributed by atoms with Crippen LogP contribution in [-0.2, 0) is 24.8 Å². The summed E-state index contributed by atoms with van der Waals surface area (Å²) in [6.45, 7) is 3.83. The first-order valence-corrected chi connectivity index (χ1v) is 17.6. The highest BCUT2D eigenvalue weighted by Crippen LogP contribution is 2.38. The molecule has 3 aliphatic heterocycles. The number of rotatable bonds is 12. The highest BCUT2D eigenvalue weighted by Gasteiger charge is 2.45. The maximum absolute atomic E-state index is 13.4. The fraction of sp³-hybridized carbons (Fsp3) is 0.607. The zero-order valence-corrected chi connectivity index (χ0v) is 26.5. The van der Waals surface area contributed by atoms with E-state index in [9.17, 15) is 27.0 Å². The van der Waals surface area contributed by atoms with E-state index in [1.165, 1.54) is 29.6 Å². The molecule has 0 radical (unpaired) electrons. The monoisotopic (exact) mass is 655 g/mol. The van der Waals surface area contributed by atoms with Crippen molar-refractivity contribution in [1.29, 1.82) is 0 Å². The van der Waals surface area contributed by atoms with Crippen molar-refractivity contribution in [3.63, 3.8) is 0 Å². The smallest absolute Gasteiger partial charge is 0.244 e. The minimum Gasteiger partial charge on any atom is -0.491 e. The van der Waals surface area contributed by atoms with Crippen LogP contribution >= 0.6 is 0 Å². The molecule has 2 fully saturated rings. The van der Waals surface area contributed by atoms with Gasteiger partial charge in [0.05, 0.1) is 35.9 Å². The van der Waals surface area contributed by atoms with Crippen LogP contribution < -0.4 is 24.4 Å². The Balaban J connectivity index is 1.07. The quantitative estimate of drug-likeness (QED) is 0.239. The average Bonchev–Trinajstić information content (AvgIpc) is 3.40. The molecule has 0 saturated carbocycles. The number of nitrogens with zero attached hydrogens (tertiary/aromatic N) is 3. The lowest BCUT2D eigenvalue weighted by molar-refractivity contribution is -0.0312. The first-order chi connectivity index (χ1) is 20.9. The molecular weight excluding hydrogens is 614 g/mol. The van der Waals surface area contributed by atoms with Crippen LogP contribution in [0.4, 0.5) is 5.69 Å². The number of aliphatic hydroxyl groups excluding tert-OH is 2. The lowest BCUT2D eigenvalue weighted by atomic mass is 9.88. The van der Waals surface area contributed by atoms with Gasteiger partial charge in [0.25, 0.3) is 0 Å². The number of pyridine rings is 1. The van der Waals surface area contributed by atoms with E-state index in [0.29, 0.717) is 69.4 Å². The van der Waals surface area contributed by atoms with Crippen molar-refractivity contribution in [1.82, 2.24) is 19.3 Å². The Labute approximate surface area is 258 Å². The van der Waals surface area contributed by atoms with E-state index in [0.717, 1.165) is 0 Å². The van der Waals surface area contributed by atoms with Gasteiger partial charge in [0.15, 0.2) is 0 Å². The summed E-state index contributed by atoms with van der Waals surface area (Å²) in [5.41, 5.74) is 0.232. The van der Waals surface area contributed by atoms with E-state index >= 15 is 0 Å². The zero-order valence-electron chi connectivity index (χ0n) is 24.9. The highest BCUT2D eigenvalue weighted by molar-refractivity contribution is 7.89. The third-order valence-corrected chi connectivity index (χ3v) is 11.4. The summed E-state index contributed by atoms with van der Waals surface area (Å²) in [4.78, 5) is 6.31. The van der Waals surface area contributed by atoms with Crippen LogP contribution in [0.5, 0.6) is 11.6 Å². The molecule has 5 rings (SSSR count). The lowest BCUT2D eigenvalue weighted by Gasteiger charge is -2.38. The normalized spacial score (nSPS) is 21.9. The number of sulfonamides is 2. The summed E-state index contributed by atoms with van der Waals surface area (Å²) in [5.74, 6) is 0.729. The molecule has 0 amide bonds. The standard InChI is InChI=1S/C28H41N5O9S2/c1-20(34)15-31-43(36,37)24-5-3-4-23(12-24)41-19-22(35)16-29-21-14-28(42-18-21)6-8-33(9-7-28)44(38,39)25-13-26-27(30-17-25)40-11-10-32(26)2/h3-5,12-13,17,20-22,29,31,34-35H,6-11,14-16,18-19H2,1-2H3/t20-,21?,22-/m0/s1. The van der Waals surface area contributed by atoms with Gasteiger partial charge in [-0.3, -0.25) is 0 Å². The van der Waals surface area contributed by atoms with Crippen molar-refractivity contribution < 1.29 is 41.3 Å². The highest BCUT2D eigenvalue weighted by atomic mass is 32.2. The van der Waals surface area contributed by atoms with Gasteiger partial charge in [-0.15, -0.1) is 0 Å². The van der Waals surface area contributed by atoms with E-state index in [2.05, 4.69) is 15.0 Å². The van der Waals surface area contributed by atoms with Crippen molar-refractivity contribution in [2.24, 2.45) is 0 Å². The Morgan fingerprint density at radius 3 is 2.64 bits per heavy atom. The molecule has 0 aliphatic carbocycles. The molecule has 2 aromatic rings. The summed E-state index contributed by atoms with van der Waals surface area (Å²) in [6.07, 6.45) is 1.48. The number of aliphatic hydroxyl groups is 2. The molecule has 1 aromatic carbocycles. The van der Waals surface area contributed by atoms with Gasteiger partial charge < -0.3 is 34.6 Å². The van der Waals surface area contributed by atoms with Crippen molar-refractivity contribution in [2.75, 3.05) is 64.5 Å². The topological polar surface area (TPSA) is 180 Å². The Kier molecular flexibility index (Phi) is 10.0. The van der Waals surface area contributed by atoms with E-state index < -0.39 is 37.9 Å². The van der Waals surface area contributed by atoms with Gasteiger partial charge in [-0.05, 0) is 44.4 Å². The number of hydrogen-bond acceptors (Lipinski definition) is 12. The molecule has 44 heavy (non-hydrogen) atoms. The van der Waals surface area contributed by atoms with Crippen LogP contribution in [0.1, 0.15) is 26.2 Å². The maximum Gasteiger partial charge on any atom is 0.244 e. The SMILES string of the molecule is C[C@H](O)CNS(=O)(=O)c1cccc(OC[C@@H](O)CNC2COC3(CCN(S(=O)(=O)c4cnc5c(c4)N(C)CCO5)CC3)C2)c1. The second-order valence-corrected chi connectivity index (χ2v) is 15.3. The summed E-state index contributed by atoms with van der Waals surface area (Å²) in [7, 11) is -5.65. The van der Waals surface area contributed by atoms with Gasteiger partial charge in [0, 0.05) is 45.3 Å². The molecule has 3 atom stereocenters. The zero-order chi connectivity index (χ0) is 31.5. The molecule has 2 saturated heterocycles. The van der Waals surface area contributed by atoms with Crippen molar-refractivity contribution in [3.8, 4) is 11.6 Å². The number of benzene rings is 1. The molecule has 1 aromatic heterocycles. The fourth-order valence-corrected chi connectivity index (χ4v) is 8.12. The third kappa shape index (κ3) is 7.62. The third-order valence-electron chi connectivity index (χ3n) is 8.13. The van der Waals surface area contributed by atoms with Crippen LogP contribution in [0.3, 0.4) is 0 Å². The maximum atomic E-state index is 13.4. The van der Waals surface area contributed by atoms with Gasteiger partial charge in [0.1, 0.15) is 35.7 Å². The molecule has 3 aliphatic rings. The van der Waals surface area contributed by atoms with E-state index in [4.69, 9.17) is 14.2 Å². The molecule has 0 bridgehead atoms. The first kappa shape index (κ1) is 32.8. The number of ether oxygens (including phenoxy) is 3. The predicted molar refractivity (Wildman–Crippen MR) is 161 cm³/mol. The number of anilines is 1. The Hall–Kier alpha value is -2.57. The minimum atomic E-state index is -3.81. The summed E-state index contributed by atoms with van der Waals surface area (Å²) >= 11 is 0. The second kappa shape index (κ2) is 13.4. The van der Waals surface area contributed by atoms with Crippen LogP contribution in [0.2, 0.25) is 0 Å². The van der Waals surface area contributed by atoms with E-state index in [1.54, 1.807) is 18.2 Å². The molecule has 4 N–H and O–H groups in total. The van der Waals surface area contributed by atoms with Gasteiger partial charge in [-0.25, -0.2) is 26.5 Å². The van der Waals surface area contributed by atoms with Gasteiger partial charge >= 0.3 is 0 Å². The molecule has 4 heterocycles. The molecular formula is C28H41N5O9S2. The summed E-state index contributed by atoms with van der Waals surface area (Å²) in [6, 6.07) is 7.54. The minimum absolute atomic E-state index is 0.00271. The lowest BCUT2D eigenvalue weighted by Crippen LogP contribution is -2.47. The first-order valence-electron chi connectivity index (χ1n) is 14.7. The van der Waals surface area contributed by atoms with E-state index in [1.807, 2.05) is 11.9 Å². The van der Waals surface area contributed by atoms with Crippen molar-refractivity contribution >= 4 is 25.7 Å². The van der Waals surface area contributed by atoms with Crippen LogP contribution in [0.25, 0.3) is 0 Å². The summed E-state index contributed by atoms with van der Waals surface area (Å²) < 4.78 is 72.8. The number of nitrogens with one attached hydrogen (secondary N) is 2. The average molecular weight is 656 g/mol. The number of piperidine rings is 1. The molecule has 1 unspecified atom stereocenters. The number of aromatic nitrogens is 1. The number of hydrogen-bond donors (Lipinski definition) is 4. The van der Waals surface area contributed by atoms with Crippen molar-refractivity contribution in [3.05, 3.63) is 36.5 Å². The van der Waals surface area contributed by atoms with Crippen LogP contribution in [0, 0.1) is 0 Å². The summed E-state index contributed by atoms with van der Waals surface area (Å²) in [5, 5.41) is 23.2. The van der Waals surface area contributed by atoms with Gasteiger partial charge in [-0.2, -0.15) is 4.31 Å². The molecule has 14 nitrogen and oxygen atoms in total. The Bertz CT molecular complexity index is 1520. The Morgan fingerprint density at radius 2 is 1.89 bits per heavy atom. The van der Waals surface area contributed by atoms with Gasteiger partial charge in [0.2, 0.25) is 25.9 Å². The number of fused-ring (bicyclic) bond motifs is 1. The van der Waals surface area contributed by atoms with Gasteiger partial charge in [-0.1, -0.05) is 6.07 Å². The van der Waals surface area contributed by atoms with E-state index in [-0.39, 0.29) is 35.5 Å².